The van der Waals surface area contributed by atoms with Gasteiger partial charge in [0.2, 0.25) is 0 Å². The van der Waals surface area contributed by atoms with Crippen molar-refractivity contribution in [1.29, 1.82) is 0 Å². The molecular weight excluding hydrogens is 405 g/mol. The fourth-order valence-electron chi connectivity index (χ4n) is 0.543. The molecule has 0 aromatic carbocycles. The first kappa shape index (κ1) is 24.7. The van der Waals surface area contributed by atoms with Crippen LogP contribution in [-0.2, 0) is 30.0 Å². The van der Waals surface area contributed by atoms with Crippen LogP contribution in [0.4, 0.5) is 26.3 Å². The molecule has 0 unspecified atom stereocenters. The fourth-order valence-corrected chi connectivity index (χ4v) is 0.543. The number of alkyl halides is 6. The number of allylic oxidation sites excluding steroid dienone is 4. The van der Waals surface area contributed by atoms with E-state index in [-0.39, 0.29) is 32.6 Å². The van der Waals surface area contributed by atoms with E-state index in [4.69, 9.17) is 10.2 Å². The van der Waals surface area contributed by atoms with Crippen molar-refractivity contribution >= 4 is 11.6 Å². The van der Waals surface area contributed by atoms with Crippen LogP contribution in [0, 0.1) is 0 Å². The number of halogens is 6. The van der Waals surface area contributed by atoms with Crippen LogP contribution >= 0.6 is 0 Å². The SMILES string of the molecule is CC(O)=CC(=O)C(F)(F)F.CC(O)=CC(=O)C(F)(F)F.[Pd]. The average Bonchev–Trinajstić information content (AvgIpc) is 2.13. The van der Waals surface area contributed by atoms with Gasteiger partial charge in [-0.3, -0.25) is 9.59 Å². The Morgan fingerprint density at radius 2 is 0.952 bits per heavy atom. The molecule has 126 valence electrons. The number of carbonyl (C=O) groups excluding carboxylic acids is 2. The smallest absolute Gasteiger partial charge is 0.454 e. The topological polar surface area (TPSA) is 74.6 Å². The van der Waals surface area contributed by atoms with Gasteiger partial charge in [-0.2, -0.15) is 26.3 Å². The van der Waals surface area contributed by atoms with Crippen molar-refractivity contribution < 1.29 is 66.6 Å². The van der Waals surface area contributed by atoms with Crippen LogP contribution < -0.4 is 0 Å². The van der Waals surface area contributed by atoms with E-state index in [0.717, 1.165) is 13.8 Å². The summed E-state index contributed by atoms with van der Waals surface area (Å²) in [5.41, 5.74) is 0. The predicted octanol–water partition coefficient (Wildman–Crippen LogP) is 3.16. The molecule has 0 heterocycles. The third kappa shape index (κ3) is 14.9. The molecule has 0 saturated carbocycles. The van der Waals surface area contributed by atoms with Gasteiger partial charge in [-0.15, -0.1) is 0 Å². The van der Waals surface area contributed by atoms with E-state index in [1.54, 1.807) is 0 Å². The van der Waals surface area contributed by atoms with Crippen LogP contribution in [0.25, 0.3) is 0 Å². The minimum Gasteiger partial charge on any atom is -0.512 e. The van der Waals surface area contributed by atoms with Gasteiger partial charge < -0.3 is 10.2 Å². The number of hydrogen-bond donors (Lipinski definition) is 2. The Labute approximate surface area is 128 Å². The molecule has 11 heteroatoms. The summed E-state index contributed by atoms with van der Waals surface area (Å²) in [6, 6.07) is 0. The normalized spacial score (nSPS) is 12.8. The second-order valence-corrected chi connectivity index (χ2v) is 3.30. The molecule has 0 amide bonds. The number of hydrogen-bond acceptors (Lipinski definition) is 4. The summed E-state index contributed by atoms with van der Waals surface area (Å²) in [7, 11) is 0. The molecule has 0 atom stereocenters. The number of aliphatic hydroxyl groups is 2. The molecule has 0 radical (unpaired) electrons. The summed E-state index contributed by atoms with van der Waals surface area (Å²) in [4.78, 5) is 19.8. The van der Waals surface area contributed by atoms with Crippen molar-refractivity contribution in [3.8, 4) is 0 Å². The van der Waals surface area contributed by atoms with Crippen LogP contribution in [0.15, 0.2) is 23.7 Å². The first-order chi connectivity index (χ1) is 8.67. The molecule has 0 aromatic heterocycles. The van der Waals surface area contributed by atoms with Crippen molar-refractivity contribution in [3.05, 3.63) is 23.7 Å². The third-order valence-electron chi connectivity index (χ3n) is 1.24. The summed E-state index contributed by atoms with van der Waals surface area (Å²) in [5.74, 6) is -5.40. The zero-order chi connectivity index (χ0) is 16.7. The number of aliphatic hydroxyl groups excluding tert-OH is 2. The first-order valence-electron chi connectivity index (χ1n) is 4.64. The summed E-state index contributed by atoms with van der Waals surface area (Å²) in [5, 5.41) is 16.5. The molecule has 21 heavy (non-hydrogen) atoms. The summed E-state index contributed by atoms with van der Waals surface area (Å²) >= 11 is 0. The zero-order valence-electron chi connectivity index (χ0n) is 10.4. The molecule has 4 nitrogen and oxygen atoms in total. The van der Waals surface area contributed by atoms with Gasteiger partial charge in [-0.25, -0.2) is 0 Å². The summed E-state index contributed by atoms with van der Waals surface area (Å²) < 4.78 is 67.8. The molecule has 0 aliphatic carbocycles. The number of carbonyl (C=O) groups is 2. The maximum absolute atomic E-state index is 11.3. The van der Waals surface area contributed by atoms with E-state index >= 15 is 0 Å². The van der Waals surface area contributed by atoms with Crippen molar-refractivity contribution in [2.45, 2.75) is 26.2 Å². The Hall–Kier alpha value is -1.34. The van der Waals surface area contributed by atoms with E-state index < -0.39 is 35.4 Å². The van der Waals surface area contributed by atoms with Crippen LogP contribution in [0.5, 0.6) is 0 Å². The first-order valence-corrected chi connectivity index (χ1v) is 4.64. The minimum absolute atomic E-state index is 0. The molecule has 0 saturated heterocycles. The van der Waals surface area contributed by atoms with Gasteiger partial charge in [0, 0.05) is 32.6 Å². The Balaban J connectivity index is -0.000000295. The van der Waals surface area contributed by atoms with Gasteiger partial charge in [0.05, 0.1) is 11.5 Å². The third-order valence-corrected chi connectivity index (χ3v) is 1.24. The molecular formula is C10H10F6O4Pd. The second kappa shape index (κ2) is 9.57. The van der Waals surface area contributed by atoms with Gasteiger partial charge in [0.25, 0.3) is 11.6 Å². The van der Waals surface area contributed by atoms with Gasteiger partial charge in [0.15, 0.2) is 0 Å². The monoisotopic (exact) mass is 414 g/mol. The average molecular weight is 415 g/mol. The van der Waals surface area contributed by atoms with Crippen LogP contribution in [0.3, 0.4) is 0 Å². The van der Waals surface area contributed by atoms with E-state index in [0.29, 0.717) is 0 Å². The van der Waals surface area contributed by atoms with Crippen molar-refractivity contribution in [2.24, 2.45) is 0 Å². The van der Waals surface area contributed by atoms with Crippen LogP contribution in [0.2, 0.25) is 0 Å². The predicted molar refractivity (Wildman–Crippen MR) is 54.9 cm³/mol. The largest absolute Gasteiger partial charge is 0.512 e. The van der Waals surface area contributed by atoms with Crippen molar-refractivity contribution in [1.82, 2.24) is 0 Å². The number of ketones is 2. The number of rotatable bonds is 2. The van der Waals surface area contributed by atoms with Crippen molar-refractivity contribution in [3.63, 3.8) is 0 Å². The molecule has 0 rings (SSSR count). The minimum atomic E-state index is -4.88. The molecule has 0 spiro atoms. The maximum atomic E-state index is 11.3. The zero-order valence-corrected chi connectivity index (χ0v) is 12.0. The standard InChI is InChI=1S/2C5H5F3O2.Pd/c2*1-3(9)2-4(10)5(6,7)8;/h2*2,9H,1H3;. The molecule has 0 bridgehead atoms. The van der Waals surface area contributed by atoms with E-state index in [2.05, 4.69) is 0 Å². The van der Waals surface area contributed by atoms with E-state index in [9.17, 15) is 35.9 Å². The molecule has 0 fully saturated rings. The Kier molecular flexibility index (Phi) is 11.2. The van der Waals surface area contributed by atoms with Gasteiger partial charge in [-0.1, -0.05) is 0 Å². The van der Waals surface area contributed by atoms with Gasteiger partial charge >= 0.3 is 12.4 Å². The molecule has 0 aliphatic heterocycles. The van der Waals surface area contributed by atoms with Crippen LogP contribution in [-0.4, -0.2) is 34.1 Å². The second-order valence-electron chi connectivity index (χ2n) is 3.30. The molecule has 0 aliphatic rings. The Bertz CT molecular complexity index is 374. The molecule has 2 N–H and O–H groups in total. The van der Waals surface area contributed by atoms with Crippen LogP contribution in [0.1, 0.15) is 13.8 Å². The maximum Gasteiger partial charge on any atom is 0.454 e. The van der Waals surface area contributed by atoms with E-state index in [1.165, 1.54) is 0 Å². The van der Waals surface area contributed by atoms with E-state index in [1.807, 2.05) is 0 Å². The fraction of sp³-hybridized carbons (Fsp3) is 0.400. The Morgan fingerprint density at radius 1 is 0.762 bits per heavy atom. The van der Waals surface area contributed by atoms with Gasteiger partial charge in [0.1, 0.15) is 0 Å². The summed E-state index contributed by atoms with van der Waals surface area (Å²) in [6.45, 7) is 1.98. The van der Waals surface area contributed by atoms with Gasteiger partial charge in [-0.05, 0) is 13.8 Å². The van der Waals surface area contributed by atoms with Crippen molar-refractivity contribution in [2.75, 3.05) is 0 Å². The summed E-state index contributed by atoms with van der Waals surface area (Å²) in [6.07, 6.45) is -9.52. The quantitative estimate of drug-likeness (QED) is 0.315. The molecule has 0 aromatic rings. The Morgan fingerprint density at radius 3 is 1.00 bits per heavy atom.